The van der Waals surface area contributed by atoms with Gasteiger partial charge in [-0.15, -0.1) is 13.2 Å². The molecule has 1 unspecified atom stereocenters. The molecule has 0 aliphatic heterocycles. The van der Waals surface area contributed by atoms with Crippen LogP contribution in [-0.4, -0.2) is 0 Å². The van der Waals surface area contributed by atoms with Crippen LogP contribution in [0.3, 0.4) is 0 Å². The topological polar surface area (TPSA) is 0 Å². The predicted molar refractivity (Wildman–Crippen MR) is 74.2 cm³/mol. The van der Waals surface area contributed by atoms with E-state index in [0.29, 0.717) is 0 Å². The van der Waals surface area contributed by atoms with E-state index in [4.69, 9.17) is 0 Å². The van der Waals surface area contributed by atoms with E-state index in [1.54, 1.807) is 0 Å². The first-order valence-electron chi connectivity index (χ1n) is 4.94. The Morgan fingerprint density at radius 1 is 1.20 bits per heavy atom. The van der Waals surface area contributed by atoms with Crippen LogP contribution in [-0.2, 0) is 0 Å². The van der Waals surface area contributed by atoms with Crippen molar-refractivity contribution in [1.29, 1.82) is 0 Å². The maximum atomic E-state index is 3.00. The van der Waals surface area contributed by atoms with E-state index < -0.39 is 0 Å². The minimum absolute atomic E-state index is 0.798. The summed E-state index contributed by atoms with van der Waals surface area (Å²) in [7, 11) is 0.798. The van der Waals surface area contributed by atoms with Gasteiger partial charge in [0, 0.05) is 0 Å². The third-order valence-electron chi connectivity index (χ3n) is 1.65. The van der Waals surface area contributed by atoms with Gasteiger partial charge >= 0.3 is 0 Å². The van der Waals surface area contributed by atoms with Crippen molar-refractivity contribution in [3.63, 3.8) is 0 Å². The summed E-state index contributed by atoms with van der Waals surface area (Å²) < 4.78 is 0. The molecule has 0 aliphatic carbocycles. The zero-order chi connectivity index (χ0) is 11.5. The molecule has 0 aromatic heterocycles. The average molecular weight is 218 g/mol. The molecule has 0 saturated heterocycles. The zero-order valence-electron chi connectivity index (χ0n) is 9.53. The molecule has 1 aromatic carbocycles. The molecule has 0 spiro atoms. The monoisotopic (exact) mass is 218 g/mol. The molecule has 0 aliphatic rings. The molecule has 0 heterocycles. The summed E-state index contributed by atoms with van der Waals surface area (Å²) in [5.41, 5.74) is 0. The normalized spacial score (nSPS) is 11.7. The maximum Gasteiger partial charge on any atom is -0.0230 e. The summed E-state index contributed by atoms with van der Waals surface area (Å²) in [6.07, 6.45) is 6.32. The van der Waals surface area contributed by atoms with Gasteiger partial charge < -0.3 is 0 Å². The summed E-state index contributed by atoms with van der Waals surface area (Å²) in [5.74, 6) is 0. The summed E-state index contributed by atoms with van der Waals surface area (Å²) in [4.78, 5) is 0. The van der Waals surface area contributed by atoms with Gasteiger partial charge in [0.1, 0.15) is 0 Å². The molecular weight excluding hydrogens is 199 g/mol. The minimum atomic E-state index is 0.798. The number of hydrogen-bond acceptors (Lipinski definition) is 0. The lowest BCUT2D eigenvalue weighted by molar-refractivity contribution is 1.64. The predicted octanol–water partition coefficient (Wildman–Crippen LogP) is 4.27. The number of allylic oxidation sites excluding steroid dienone is 4. The van der Waals surface area contributed by atoms with Gasteiger partial charge in [0.2, 0.25) is 0 Å². The maximum absolute atomic E-state index is 3.00. The fourth-order valence-corrected chi connectivity index (χ4v) is 2.03. The van der Waals surface area contributed by atoms with Crippen molar-refractivity contribution < 1.29 is 0 Å². The van der Waals surface area contributed by atoms with Crippen molar-refractivity contribution in [2.24, 2.45) is 0 Å². The van der Waals surface area contributed by atoms with Crippen molar-refractivity contribution in [3.8, 4) is 0 Å². The van der Waals surface area contributed by atoms with Crippen LogP contribution in [0, 0.1) is 0 Å². The molecule has 0 bridgehead atoms. The van der Waals surface area contributed by atoms with Crippen molar-refractivity contribution in [2.75, 3.05) is 0 Å². The van der Waals surface area contributed by atoms with Crippen molar-refractivity contribution in [2.45, 2.75) is 13.8 Å². The molecule has 1 atom stereocenters. The quantitative estimate of drug-likeness (QED) is 0.403. The Kier molecular flexibility index (Phi) is 8.72. The van der Waals surface area contributed by atoms with E-state index in [2.05, 4.69) is 68.6 Å². The van der Waals surface area contributed by atoms with Gasteiger partial charge in [0.15, 0.2) is 0 Å². The zero-order valence-corrected chi connectivity index (χ0v) is 10.5. The number of benzene rings is 1. The van der Waals surface area contributed by atoms with Gasteiger partial charge in [-0.1, -0.05) is 57.1 Å². The molecule has 0 fully saturated rings. The highest BCUT2D eigenvalue weighted by Gasteiger charge is 1.90. The highest BCUT2D eigenvalue weighted by atomic mass is 31.1. The van der Waals surface area contributed by atoms with E-state index >= 15 is 0 Å². The first kappa shape index (κ1) is 13.9. The third kappa shape index (κ3) is 6.88. The fraction of sp³-hybridized carbons (Fsp3) is 0.143. The first-order valence-corrected chi connectivity index (χ1v) is 5.94. The Balaban J connectivity index is 0.000000921. The summed E-state index contributed by atoms with van der Waals surface area (Å²) in [5, 5.41) is 2.82. The van der Waals surface area contributed by atoms with Gasteiger partial charge in [-0.2, -0.15) is 0 Å². The van der Waals surface area contributed by atoms with Crippen LogP contribution in [0.4, 0.5) is 0 Å². The molecule has 1 rings (SSSR count). The van der Waals surface area contributed by atoms with Crippen LogP contribution in [0.2, 0.25) is 0 Å². The van der Waals surface area contributed by atoms with Gasteiger partial charge in [0.05, 0.1) is 0 Å². The molecule has 0 nitrogen and oxygen atoms in total. The SMILES string of the molecule is C/C=C\C=C(/C)Pc1ccccc1.C=C. The lowest BCUT2D eigenvalue weighted by Gasteiger charge is -1.99. The molecule has 80 valence electrons. The molecule has 1 aromatic rings. The average Bonchev–Trinajstić information content (AvgIpc) is 2.30. The Hall–Kier alpha value is -1.13. The molecule has 0 saturated carbocycles. The standard InChI is InChI=1S/C12H15P.C2H4/c1-3-4-8-11(2)13-12-9-6-5-7-10-12;1-2/h3-10,13H,1-2H3;1-2H2/b4-3-,11-8+;. The molecule has 0 N–H and O–H groups in total. The van der Waals surface area contributed by atoms with Crippen LogP contribution in [0.15, 0.2) is 67.0 Å². The number of rotatable bonds is 3. The summed E-state index contributed by atoms with van der Waals surface area (Å²) >= 11 is 0. The Labute approximate surface area is 95.2 Å². The molecule has 0 radical (unpaired) electrons. The first-order chi connectivity index (χ1) is 7.33. The second-order valence-electron chi connectivity index (χ2n) is 2.87. The van der Waals surface area contributed by atoms with Gasteiger partial charge in [-0.3, -0.25) is 0 Å². The lowest BCUT2D eigenvalue weighted by Crippen LogP contribution is -1.90. The Morgan fingerprint density at radius 2 is 1.80 bits per heavy atom. The van der Waals surface area contributed by atoms with Crippen molar-refractivity contribution in [3.05, 3.63) is 67.0 Å². The minimum Gasteiger partial charge on any atom is -0.106 e. The highest BCUT2D eigenvalue weighted by molar-refractivity contribution is 7.51. The Bertz CT molecular complexity index is 309. The van der Waals surface area contributed by atoms with Crippen LogP contribution >= 0.6 is 8.58 Å². The van der Waals surface area contributed by atoms with E-state index in [0.717, 1.165) is 8.58 Å². The smallest absolute Gasteiger partial charge is 0.0230 e. The summed E-state index contributed by atoms with van der Waals surface area (Å²) in [6, 6.07) is 10.6. The molecular formula is C14H19P. The van der Waals surface area contributed by atoms with E-state index in [9.17, 15) is 0 Å². The van der Waals surface area contributed by atoms with Gasteiger partial charge in [0.25, 0.3) is 0 Å². The third-order valence-corrected chi connectivity index (χ3v) is 2.84. The highest BCUT2D eigenvalue weighted by Crippen LogP contribution is 2.21. The molecule has 1 heteroatoms. The number of hydrogen-bond donors (Lipinski definition) is 0. The van der Waals surface area contributed by atoms with Crippen LogP contribution in [0.1, 0.15) is 13.8 Å². The van der Waals surface area contributed by atoms with E-state index in [-0.39, 0.29) is 0 Å². The largest absolute Gasteiger partial charge is 0.106 e. The fourth-order valence-electron chi connectivity index (χ4n) is 1.03. The second-order valence-corrected chi connectivity index (χ2v) is 4.48. The second kappa shape index (κ2) is 9.43. The van der Waals surface area contributed by atoms with Crippen LogP contribution in [0.25, 0.3) is 0 Å². The van der Waals surface area contributed by atoms with E-state index in [1.165, 1.54) is 10.6 Å². The van der Waals surface area contributed by atoms with Crippen molar-refractivity contribution >= 4 is 13.9 Å². The van der Waals surface area contributed by atoms with Crippen molar-refractivity contribution in [1.82, 2.24) is 0 Å². The van der Waals surface area contributed by atoms with Crippen LogP contribution < -0.4 is 5.30 Å². The Morgan fingerprint density at radius 3 is 2.33 bits per heavy atom. The van der Waals surface area contributed by atoms with Gasteiger partial charge in [-0.05, 0) is 24.5 Å². The van der Waals surface area contributed by atoms with Gasteiger partial charge in [-0.25, -0.2) is 0 Å². The molecule has 15 heavy (non-hydrogen) atoms. The lowest BCUT2D eigenvalue weighted by atomic mass is 10.4. The summed E-state index contributed by atoms with van der Waals surface area (Å²) in [6.45, 7) is 10.2. The van der Waals surface area contributed by atoms with Crippen LogP contribution in [0.5, 0.6) is 0 Å². The van der Waals surface area contributed by atoms with E-state index in [1.807, 2.05) is 6.92 Å². The molecule has 0 amide bonds.